The van der Waals surface area contributed by atoms with Crippen molar-refractivity contribution in [2.24, 2.45) is 0 Å². The van der Waals surface area contributed by atoms with Crippen LogP contribution in [0.2, 0.25) is 0 Å². The van der Waals surface area contributed by atoms with Gasteiger partial charge in [0.1, 0.15) is 0 Å². The Morgan fingerprint density at radius 3 is 2.50 bits per heavy atom. The van der Waals surface area contributed by atoms with E-state index in [0.29, 0.717) is 5.56 Å². The molecule has 2 heterocycles. The van der Waals surface area contributed by atoms with E-state index in [1.165, 1.54) is 11.1 Å². The minimum Gasteiger partial charge on any atom is -0.360 e. The minimum atomic E-state index is -0.332. The maximum Gasteiger partial charge on any atom is 0.262 e. The summed E-state index contributed by atoms with van der Waals surface area (Å²) in [5, 5.41) is 3.54. The normalized spacial score (nSPS) is 15.9. The van der Waals surface area contributed by atoms with Gasteiger partial charge in [-0.2, -0.15) is 0 Å². The molecule has 4 rings (SSSR count). The fourth-order valence-electron chi connectivity index (χ4n) is 3.34. The summed E-state index contributed by atoms with van der Waals surface area (Å²) in [6.07, 6.45) is 1.41. The number of aryl methyl sites for hydroxylation is 2. The molecule has 4 nitrogen and oxygen atoms in total. The summed E-state index contributed by atoms with van der Waals surface area (Å²) in [5.41, 5.74) is 6.83. The van der Waals surface area contributed by atoms with Crippen molar-refractivity contribution < 1.29 is 4.79 Å². The summed E-state index contributed by atoms with van der Waals surface area (Å²) in [6.45, 7) is 6.21. The Morgan fingerprint density at radius 1 is 0.962 bits per heavy atom. The number of carbonyl (C=O) groups excluding carboxylic acids is 1. The molecular formula is C22H21N3O. The first-order valence-electron chi connectivity index (χ1n) is 8.74. The lowest BCUT2D eigenvalue weighted by molar-refractivity contribution is 0.0993. The molecule has 0 radical (unpaired) electrons. The van der Waals surface area contributed by atoms with Crippen molar-refractivity contribution in [1.29, 1.82) is 0 Å². The largest absolute Gasteiger partial charge is 0.360 e. The van der Waals surface area contributed by atoms with E-state index in [1.807, 2.05) is 55.5 Å². The summed E-state index contributed by atoms with van der Waals surface area (Å²) < 4.78 is 0. The van der Waals surface area contributed by atoms with Crippen LogP contribution in [0.3, 0.4) is 0 Å². The number of benzene rings is 2. The molecule has 130 valence electrons. The van der Waals surface area contributed by atoms with E-state index in [2.05, 4.69) is 30.2 Å². The summed E-state index contributed by atoms with van der Waals surface area (Å²) in [7, 11) is 0. The van der Waals surface area contributed by atoms with E-state index in [-0.39, 0.29) is 12.1 Å². The lowest BCUT2D eigenvalue weighted by Gasteiger charge is -2.27. The van der Waals surface area contributed by atoms with Gasteiger partial charge in [-0.05, 0) is 62.2 Å². The van der Waals surface area contributed by atoms with Gasteiger partial charge in [-0.25, -0.2) is 0 Å². The predicted octanol–water partition coefficient (Wildman–Crippen LogP) is 4.78. The number of aromatic nitrogens is 1. The second-order valence-corrected chi connectivity index (χ2v) is 6.74. The summed E-state index contributed by atoms with van der Waals surface area (Å²) in [4.78, 5) is 19.4. The van der Waals surface area contributed by atoms with Crippen molar-refractivity contribution in [2.45, 2.75) is 26.9 Å². The van der Waals surface area contributed by atoms with Crippen LogP contribution >= 0.6 is 0 Å². The second kappa shape index (κ2) is 6.30. The Balaban J connectivity index is 1.81. The fraction of sp³-hybridized carbons (Fsp3) is 0.182. The number of carbonyl (C=O) groups is 1. The van der Waals surface area contributed by atoms with E-state index in [1.54, 1.807) is 11.1 Å². The van der Waals surface area contributed by atoms with Crippen molar-refractivity contribution >= 4 is 17.3 Å². The predicted molar refractivity (Wildman–Crippen MR) is 105 cm³/mol. The molecule has 0 spiro atoms. The third-order valence-electron chi connectivity index (χ3n) is 5.01. The Kier molecular flexibility index (Phi) is 3.96. The molecule has 1 amide bonds. The van der Waals surface area contributed by atoms with Gasteiger partial charge in [0.2, 0.25) is 0 Å². The maximum absolute atomic E-state index is 13.1. The van der Waals surface area contributed by atoms with E-state index in [9.17, 15) is 4.79 Å². The fourth-order valence-corrected chi connectivity index (χ4v) is 3.34. The van der Waals surface area contributed by atoms with E-state index in [4.69, 9.17) is 0 Å². The minimum absolute atomic E-state index is 0.0280. The van der Waals surface area contributed by atoms with Gasteiger partial charge in [-0.3, -0.25) is 14.7 Å². The van der Waals surface area contributed by atoms with Gasteiger partial charge in [0.15, 0.2) is 6.17 Å². The smallest absolute Gasteiger partial charge is 0.262 e. The summed E-state index contributed by atoms with van der Waals surface area (Å²) in [5.74, 6) is -0.0280. The van der Waals surface area contributed by atoms with Crippen LogP contribution in [-0.4, -0.2) is 10.9 Å². The lowest BCUT2D eigenvalue weighted by atomic mass is 10.1. The van der Waals surface area contributed by atoms with Crippen molar-refractivity contribution in [3.63, 3.8) is 0 Å². The first-order chi connectivity index (χ1) is 12.6. The molecule has 0 unspecified atom stereocenters. The molecule has 0 bridgehead atoms. The molecule has 1 aliphatic rings. The quantitative estimate of drug-likeness (QED) is 0.744. The summed E-state index contributed by atoms with van der Waals surface area (Å²) in [6, 6.07) is 17.8. The number of nitrogens with one attached hydrogen (secondary N) is 1. The molecule has 1 atom stereocenters. The highest BCUT2D eigenvalue weighted by Gasteiger charge is 2.39. The first kappa shape index (κ1) is 16.3. The van der Waals surface area contributed by atoms with Crippen LogP contribution in [0.15, 0.2) is 60.8 Å². The second-order valence-electron chi connectivity index (χ2n) is 6.74. The third kappa shape index (κ3) is 2.64. The van der Waals surface area contributed by atoms with E-state index < -0.39 is 0 Å². The SMILES string of the molecule is Cc1ccc(N2C(=O)c3cccnc3[C@@H]2Nc2cccc(C)c2C)cc1. The molecule has 0 aliphatic carbocycles. The zero-order valence-electron chi connectivity index (χ0n) is 15.2. The van der Waals surface area contributed by atoms with Gasteiger partial charge < -0.3 is 5.32 Å². The van der Waals surface area contributed by atoms with Gasteiger partial charge in [-0.1, -0.05) is 29.8 Å². The molecular weight excluding hydrogens is 322 g/mol. The molecule has 3 aromatic rings. The molecule has 1 aromatic heterocycles. The molecule has 0 fully saturated rings. The number of fused-ring (bicyclic) bond motifs is 1. The van der Waals surface area contributed by atoms with Crippen molar-refractivity contribution in [2.75, 3.05) is 10.2 Å². The van der Waals surface area contributed by atoms with Gasteiger partial charge in [0, 0.05) is 17.6 Å². The van der Waals surface area contributed by atoms with Crippen LogP contribution in [-0.2, 0) is 0 Å². The molecule has 0 saturated carbocycles. The van der Waals surface area contributed by atoms with Crippen LogP contribution in [0.5, 0.6) is 0 Å². The number of anilines is 2. The Morgan fingerprint density at radius 2 is 1.73 bits per heavy atom. The third-order valence-corrected chi connectivity index (χ3v) is 5.01. The molecule has 1 N–H and O–H groups in total. The monoisotopic (exact) mass is 343 g/mol. The van der Waals surface area contributed by atoms with Crippen molar-refractivity contribution in [1.82, 2.24) is 4.98 Å². The lowest BCUT2D eigenvalue weighted by Crippen LogP contribution is -2.32. The number of nitrogens with zero attached hydrogens (tertiary/aromatic N) is 2. The van der Waals surface area contributed by atoms with Crippen LogP contribution in [0.25, 0.3) is 0 Å². The van der Waals surface area contributed by atoms with Gasteiger partial charge in [0.25, 0.3) is 5.91 Å². The molecule has 0 saturated heterocycles. The topological polar surface area (TPSA) is 45.2 Å². The zero-order valence-corrected chi connectivity index (χ0v) is 15.2. The first-order valence-corrected chi connectivity index (χ1v) is 8.74. The molecule has 26 heavy (non-hydrogen) atoms. The van der Waals surface area contributed by atoms with Crippen LogP contribution in [0, 0.1) is 20.8 Å². The average Bonchev–Trinajstić information content (AvgIpc) is 2.92. The van der Waals surface area contributed by atoms with Crippen LogP contribution in [0.4, 0.5) is 11.4 Å². The van der Waals surface area contributed by atoms with E-state index in [0.717, 1.165) is 22.6 Å². The molecule has 1 aliphatic heterocycles. The Labute approximate surface area is 153 Å². The number of hydrogen-bond donors (Lipinski definition) is 1. The maximum atomic E-state index is 13.1. The average molecular weight is 343 g/mol. The Bertz CT molecular complexity index is 979. The van der Waals surface area contributed by atoms with Gasteiger partial charge >= 0.3 is 0 Å². The zero-order chi connectivity index (χ0) is 18.3. The van der Waals surface area contributed by atoms with Gasteiger partial charge in [0.05, 0.1) is 11.3 Å². The number of amides is 1. The Hall–Kier alpha value is -3.14. The number of pyridine rings is 1. The van der Waals surface area contributed by atoms with Crippen LogP contribution < -0.4 is 10.2 Å². The van der Waals surface area contributed by atoms with E-state index >= 15 is 0 Å². The molecule has 4 heteroatoms. The highest BCUT2D eigenvalue weighted by molar-refractivity contribution is 6.11. The molecule has 2 aromatic carbocycles. The number of hydrogen-bond acceptors (Lipinski definition) is 3. The number of rotatable bonds is 3. The summed E-state index contributed by atoms with van der Waals surface area (Å²) >= 11 is 0. The van der Waals surface area contributed by atoms with Gasteiger partial charge in [-0.15, -0.1) is 0 Å². The van der Waals surface area contributed by atoms with Crippen molar-refractivity contribution in [3.05, 3.63) is 88.7 Å². The highest BCUT2D eigenvalue weighted by Crippen LogP contribution is 2.37. The standard InChI is InChI=1S/C22H21N3O/c1-14-9-11-17(12-10-14)25-21(20-18(22(25)26)7-5-13-23-20)24-19-8-4-6-15(2)16(19)3/h4-13,21,24H,1-3H3/t21-/m1/s1. The van der Waals surface area contributed by atoms with Crippen molar-refractivity contribution in [3.8, 4) is 0 Å². The highest BCUT2D eigenvalue weighted by atomic mass is 16.2. The van der Waals surface area contributed by atoms with Crippen LogP contribution in [0.1, 0.15) is 38.9 Å².